The number of aromatic nitrogens is 2. The van der Waals surface area contributed by atoms with E-state index < -0.39 is 9.84 Å². The maximum absolute atomic E-state index is 11.1. The molecule has 0 aliphatic carbocycles. The maximum atomic E-state index is 11.1. The molecule has 0 aliphatic rings. The first-order chi connectivity index (χ1) is 7.53. The Labute approximate surface area is 100 Å². The second-order valence-corrected chi connectivity index (χ2v) is 6.62. The fourth-order valence-electron chi connectivity index (χ4n) is 1.33. The molecule has 7 heteroatoms. The average molecular weight is 263 g/mol. The Hall–Kier alpha value is -0.530. The Morgan fingerprint density at radius 1 is 1.56 bits per heavy atom. The summed E-state index contributed by atoms with van der Waals surface area (Å²) in [6, 6.07) is -0.00609. The number of hydrogen-bond donors (Lipinski definition) is 1. The summed E-state index contributed by atoms with van der Waals surface area (Å²) >= 11 is 1.28. The molecule has 0 aliphatic heterocycles. The van der Waals surface area contributed by atoms with Gasteiger partial charge in [0, 0.05) is 11.6 Å². The molecule has 0 aromatic carbocycles. The third kappa shape index (κ3) is 5.00. The van der Waals surface area contributed by atoms with Gasteiger partial charge in [-0.25, -0.2) is 8.42 Å². The third-order valence-electron chi connectivity index (χ3n) is 2.15. The zero-order chi connectivity index (χ0) is 12.0. The van der Waals surface area contributed by atoms with Crippen molar-refractivity contribution in [2.75, 3.05) is 18.6 Å². The zero-order valence-electron chi connectivity index (χ0n) is 9.51. The summed E-state index contributed by atoms with van der Waals surface area (Å²) in [6.45, 7) is 2.92. The van der Waals surface area contributed by atoms with Gasteiger partial charge < -0.3 is 5.32 Å². The predicted molar refractivity (Wildman–Crippen MR) is 65.3 cm³/mol. The Morgan fingerprint density at radius 3 is 2.81 bits per heavy atom. The quantitative estimate of drug-likeness (QED) is 0.795. The lowest BCUT2D eigenvalue weighted by Crippen LogP contribution is -2.24. The van der Waals surface area contributed by atoms with Gasteiger partial charge in [-0.05, 0) is 30.9 Å². The van der Waals surface area contributed by atoms with Crippen LogP contribution in [-0.4, -0.2) is 36.6 Å². The van der Waals surface area contributed by atoms with E-state index in [1.54, 1.807) is 0 Å². The van der Waals surface area contributed by atoms with Crippen molar-refractivity contribution in [3.63, 3.8) is 0 Å². The van der Waals surface area contributed by atoms with Crippen LogP contribution in [0.25, 0.3) is 0 Å². The molecule has 5 nitrogen and oxygen atoms in total. The van der Waals surface area contributed by atoms with Crippen LogP contribution in [0.1, 0.15) is 31.5 Å². The molecular formula is C9H17N3O2S2. The second-order valence-electron chi connectivity index (χ2n) is 3.76. The Morgan fingerprint density at radius 2 is 2.31 bits per heavy atom. The molecule has 0 radical (unpaired) electrons. The van der Waals surface area contributed by atoms with E-state index in [0.717, 1.165) is 18.7 Å². The van der Waals surface area contributed by atoms with Crippen molar-refractivity contribution in [3.8, 4) is 0 Å². The van der Waals surface area contributed by atoms with Crippen LogP contribution in [0.5, 0.6) is 0 Å². The van der Waals surface area contributed by atoms with Gasteiger partial charge in [0.15, 0.2) is 0 Å². The van der Waals surface area contributed by atoms with Crippen LogP contribution >= 0.6 is 11.5 Å². The van der Waals surface area contributed by atoms with E-state index >= 15 is 0 Å². The largest absolute Gasteiger partial charge is 0.309 e. The van der Waals surface area contributed by atoms with Crippen molar-refractivity contribution >= 4 is 21.4 Å². The predicted octanol–water partition coefficient (Wildman–Crippen LogP) is 1.01. The lowest BCUT2D eigenvalue weighted by Gasteiger charge is -2.15. The summed E-state index contributed by atoms with van der Waals surface area (Å²) in [5.41, 5.74) is 0.835. The molecule has 1 unspecified atom stereocenters. The smallest absolute Gasteiger partial charge is 0.147 e. The summed E-state index contributed by atoms with van der Waals surface area (Å²) in [4.78, 5) is 0. The van der Waals surface area contributed by atoms with E-state index in [1.165, 1.54) is 17.8 Å². The Kier molecular flexibility index (Phi) is 5.30. The van der Waals surface area contributed by atoms with Crippen molar-refractivity contribution in [3.05, 3.63) is 11.1 Å². The second kappa shape index (κ2) is 6.27. The lowest BCUT2D eigenvalue weighted by molar-refractivity contribution is 0.502. The molecule has 0 saturated carbocycles. The molecule has 0 amide bonds. The van der Waals surface area contributed by atoms with Crippen LogP contribution < -0.4 is 5.32 Å². The number of rotatable bonds is 7. The van der Waals surface area contributed by atoms with Gasteiger partial charge in [0.25, 0.3) is 0 Å². The topological polar surface area (TPSA) is 72.0 Å². The molecular weight excluding hydrogens is 246 g/mol. The van der Waals surface area contributed by atoms with Gasteiger partial charge in [0.05, 0.1) is 17.5 Å². The highest BCUT2D eigenvalue weighted by Crippen LogP contribution is 2.16. The van der Waals surface area contributed by atoms with Crippen LogP contribution in [0.3, 0.4) is 0 Å². The van der Waals surface area contributed by atoms with Crippen LogP contribution in [0, 0.1) is 0 Å². The minimum absolute atomic E-state index is 0.00609. The van der Waals surface area contributed by atoms with Crippen molar-refractivity contribution in [1.29, 1.82) is 0 Å². The minimum atomic E-state index is -2.92. The Bertz CT molecular complexity index is 389. The van der Waals surface area contributed by atoms with Crippen LogP contribution in [0.15, 0.2) is 5.38 Å². The molecule has 0 saturated heterocycles. The summed E-state index contributed by atoms with van der Waals surface area (Å²) in [6.07, 6.45) is 2.81. The summed E-state index contributed by atoms with van der Waals surface area (Å²) in [5.74, 6) is 0.173. The lowest BCUT2D eigenvalue weighted by atomic mass is 10.2. The summed E-state index contributed by atoms with van der Waals surface area (Å²) < 4.78 is 26.0. The van der Waals surface area contributed by atoms with Crippen LogP contribution in [-0.2, 0) is 9.84 Å². The summed E-state index contributed by atoms with van der Waals surface area (Å²) in [5, 5.41) is 9.12. The highest BCUT2D eigenvalue weighted by atomic mass is 32.2. The van der Waals surface area contributed by atoms with Crippen molar-refractivity contribution in [2.45, 2.75) is 25.8 Å². The van der Waals surface area contributed by atoms with Gasteiger partial charge in [-0.15, -0.1) is 5.10 Å². The highest BCUT2D eigenvalue weighted by molar-refractivity contribution is 7.90. The van der Waals surface area contributed by atoms with E-state index in [0.29, 0.717) is 6.42 Å². The number of sulfone groups is 1. The molecule has 16 heavy (non-hydrogen) atoms. The van der Waals surface area contributed by atoms with Crippen LogP contribution in [0.4, 0.5) is 0 Å². The van der Waals surface area contributed by atoms with Crippen molar-refractivity contribution in [2.24, 2.45) is 0 Å². The summed E-state index contributed by atoms with van der Waals surface area (Å²) in [7, 11) is -2.92. The van der Waals surface area contributed by atoms with Gasteiger partial charge in [-0.1, -0.05) is 11.4 Å². The molecule has 0 bridgehead atoms. The van der Waals surface area contributed by atoms with E-state index in [9.17, 15) is 8.42 Å². The molecule has 0 fully saturated rings. The average Bonchev–Trinajstić information content (AvgIpc) is 2.69. The molecule has 1 aromatic rings. The molecule has 0 spiro atoms. The standard InChI is InChI=1S/C9H17N3O2S2/c1-3-5-10-8(4-6-16(2,13)14)9-7-15-12-11-9/h7-8,10H,3-6H2,1-2H3. The molecule has 92 valence electrons. The van der Waals surface area contributed by atoms with Crippen molar-refractivity contribution in [1.82, 2.24) is 14.9 Å². The van der Waals surface area contributed by atoms with E-state index in [-0.39, 0.29) is 11.8 Å². The first kappa shape index (κ1) is 13.5. The molecule has 1 aromatic heterocycles. The van der Waals surface area contributed by atoms with Crippen molar-refractivity contribution < 1.29 is 8.42 Å². The number of nitrogens with zero attached hydrogens (tertiary/aromatic N) is 2. The molecule has 1 rings (SSSR count). The van der Waals surface area contributed by atoms with Crippen LogP contribution in [0.2, 0.25) is 0 Å². The molecule has 1 atom stereocenters. The van der Waals surface area contributed by atoms with Gasteiger partial charge in [-0.3, -0.25) is 0 Å². The van der Waals surface area contributed by atoms with E-state index in [1.807, 2.05) is 5.38 Å². The zero-order valence-corrected chi connectivity index (χ0v) is 11.1. The third-order valence-corrected chi connectivity index (χ3v) is 3.65. The van der Waals surface area contributed by atoms with Gasteiger partial charge in [-0.2, -0.15) is 0 Å². The number of nitrogens with one attached hydrogen (secondary N) is 1. The Balaban J connectivity index is 2.58. The van der Waals surface area contributed by atoms with Gasteiger partial charge >= 0.3 is 0 Å². The molecule has 1 N–H and O–H groups in total. The fraction of sp³-hybridized carbons (Fsp3) is 0.778. The monoisotopic (exact) mass is 263 g/mol. The first-order valence-corrected chi connectivity index (χ1v) is 8.10. The minimum Gasteiger partial charge on any atom is -0.309 e. The van der Waals surface area contributed by atoms with E-state index in [2.05, 4.69) is 21.8 Å². The first-order valence-electron chi connectivity index (χ1n) is 5.21. The fourth-order valence-corrected chi connectivity index (χ4v) is 2.50. The SMILES string of the molecule is CCCNC(CCS(C)(=O)=O)c1csnn1. The normalized spacial score (nSPS) is 13.9. The van der Waals surface area contributed by atoms with Gasteiger partial charge in [0.2, 0.25) is 0 Å². The highest BCUT2D eigenvalue weighted by Gasteiger charge is 2.15. The van der Waals surface area contributed by atoms with Gasteiger partial charge in [0.1, 0.15) is 9.84 Å². The van der Waals surface area contributed by atoms with E-state index in [4.69, 9.17) is 0 Å². The number of hydrogen-bond acceptors (Lipinski definition) is 6. The molecule has 1 heterocycles. The maximum Gasteiger partial charge on any atom is 0.147 e.